The smallest absolute Gasteiger partial charge is 0.0961 e. The van der Waals surface area contributed by atoms with Crippen molar-refractivity contribution in [3.05, 3.63) is 91.9 Å². The first-order valence-electron chi connectivity index (χ1n) is 14.3. The summed E-state index contributed by atoms with van der Waals surface area (Å²) in [5, 5.41) is 0. The summed E-state index contributed by atoms with van der Waals surface area (Å²) in [5.41, 5.74) is 7.36. The molecule has 2 aliphatic rings. The fourth-order valence-corrected chi connectivity index (χ4v) is 6.31. The number of halogens is 4. The van der Waals surface area contributed by atoms with Crippen LogP contribution in [0.4, 0.5) is 11.4 Å². The van der Waals surface area contributed by atoms with Gasteiger partial charge in [0, 0.05) is 20.3 Å². The molecule has 2 heterocycles. The summed E-state index contributed by atoms with van der Waals surface area (Å²) in [4.78, 5) is 5.00. The van der Waals surface area contributed by atoms with Crippen molar-refractivity contribution >= 4 is 67.5 Å². The van der Waals surface area contributed by atoms with Crippen molar-refractivity contribution in [3.8, 4) is 0 Å². The number of nitrogens with zero attached hydrogens (tertiary/aromatic N) is 4. The Kier molecular flexibility index (Phi) is 13.0. The van der Waals surface area contributed by atoms with Crippen LogP contribution in [0.3, 0.4) is 0 Å². The molecule has 3 aromatic carbocycles. The van der Waals surface area contributed by atoms with E-state index in [4.69, 9.17) is 0 Å². The Morgan fingerprint density at radius 3 is 1.14 bits per heavy atom. The molecule has 5 rings (SSSR count). The summed E-state index contributed by atoms with van der Waals surface area (Å²) < 4.78 is 4.39. The Hall–Kier alpha value is -0.920. The summed E-state index contributed by atoms with van der Waals surface area (Å²) in [6.45, 7) is 9.24. The molecule has 0 aromatic heterocycles. The molecule has 3 aromatic rings. The Morgan fingerprint density at radius 2 is 0.833 bits per heavy atom. The third-order valence-corrected chi connectivity index (χ3v) is 9.82. The van der Waals surface area contributed by atoms with E-state index in [-0.39, 0.29) is 48.0 Å². The zero-order chi connectivity index (χ0) is 28.3. The fraction of sp³-hybridized carbons (Fsp3) is 0.353. The number of benzene rings is 3. The zero-order valence-corrected chi connectivity index (χ0v) is 32.5. The van der Waals surface area contributed by atoms with Gasteiger partial charge in [-0.25, -0.2) is 0 Å². The number of piperazine rings is 2. The van der Waals surface area contributed by atoms with E-state index >= 15 is 0 Å². The molecule has 0 atom stereocenters. The van der Waals surface area contributed by atoms with Crippen LogP contribution in [0.5, 0.6) is 0 Å². The largest absolute Gasteiger partial charge is 1.00 e. The Bertz CT molecular complexity index is 1260. The highest BCUT2D eigenvalue weighted by molar-refractivity contribution is 9.11. The second-order valence-electron chi connectivity index (χ2n) is 12.5. The van der Waals surface area contributed by atoms with E-state index in [2.05, 4.69) is 155 Å². The summed E-state index contributed by atoms with van der Waals surface area (Å²) in [7, 11) is 9.27. The monoisotopic (exact) mass is 918 g/mol. The van der Waals surface area contributed by atoms with Crippen molar-refractivity contribution in [2.75, 3.05) is 90.3 Å². The molecule has 2 aliphatic heterocycles. The highest BCUT2D eigenvalue weighted by Gasteiger charge is 2.25. The lowest BCUT2D eigenvalue weighted by atomic mass is 10.1. The zero-order valence-electron chi connectivity index (χ0n) is 25.0. The van der Waals surface area contributed by atoms with E-state index in [1.54, 1.807) is 0 Å². The molecule has 4 nitrogen and oxygen atoms in total. The van der Waals surface area contributed by atoms with Gasteiger partial charge >= 0.3 is 0 Å². The van der Waals surface area contributed by atoms with Crippen molar-refractivity contribution < 1.29 is 56.9 Å². The van der Waals surface area contributed by atoms with Gasteiger partial charge in [-0.3, -0.25) is 0 Å². The summed E-state index contributed by atoms with van der Waals surface area (Å²) in [5.74, 6) is 0. The van der Waals surface area contributed by atoms with Crippen LogP contribution in [0.15, 0.2) is 69.6 Å². The maximum atomic E-state index is 3.79. The quantitative estimate of drug-likeness (QED) is 0.210. The number of hydrogen-bond acceptors (Lipinski definition) is 2. The lowest BCUT2D eigenvalue weighted by Crippen LogP contribution is -3.00. The van der Waals surface area contributed by atoms with Crippen molar-refractivity contribution in [1.29, 1.82) is 0 Å². The van der Waals surface area contributed by atoms with Gasteiger partial charge in [-0.15, -0.1) is 0 Å². The third kappa shape index (κ3) is 9.54. The highest BCUT2D eigenvalue weighted by Crippen LogP contribution is 2.30. The second-order valence-corrected chi connectivity index (χ2v) is 14.2. The van der Waals surface area contributed by atoms with Gasteiger partial charge in [-0.05, 0) is 58.7 Å². The highest BCUT2D eigenvalue weighted by atomic mass is 127. The molecule has 42 heavy (non-hydrogen) atoms. The average Bonchev–Trinajstić information content (AvgIpc) is 2.93. The van der Waals surface area contributed by atoms with Crippen LogP contribution < -0.4 is 57.8 Å². The molecule has 0 amide bonds. The van der Waals surface area contributed by atoms with E-state index in [1.165, 1.54) is 48.7 Å². The van der Waals surface area contributed by atoms with Crippen LogP contribution in [0.2, 0.25) is 0 Å². The van der Waals surface area contributed by atoms with Crippen molar-refractivity contribution in [3.63, 3.8) is 0 Å². The summed E-state index contributed by atoms with van der Waals surface area (Å²) in [6.07, 6.45) is 8.73. The molecule has 2 fully saturated rings. The maximum Gasteiger partial charge on any atom is 0.0961 e. The van der Waals surface area contributed by atoms with Crippen LogP contribution >= 0.6 is 31.9 Å². The molecule has 0 N–H and O–H groups in total. The summed E-state index contributed by atoms with van der Waals surface area (Å²) >= 11 is 7.59. The van der Waals surface area contributed by atoms with E-state index in [0.717, 1.165) is 55.2 Å². The Morgan fingerprint density at radius 1 is 0.524 bits per heavy atom. The van der Waals surface area contributed by atoms with Gasteiger partial charge in [0.1, 0.15) is 0 Å². The van der Waals surface area contributed by atoms with Crippen LogP contribution in [-0.2, 0) is 0 Å². The molecule has 0 spiro atoms. The standard InChI is InChI=1S/C34H42Br2N4.2HI/c1-39(2)21-17-37(18-22-39)31-13-7-27(8-14-31)5-11-29-25-34(36)30(26-33(29)35)12-6-28-9-15-32(16-10-28)38-19-23-40(3,4)24-20-38;;/h5-16,25-26H,17-24H2,1-4H3;2*1H/q+2;;/p-2/b11-5+,12-6+;;. The minimum absolute atomic E-state index is 0. The Balaban J connectivity index is 0.00000242. The molecular formula is C34H42Br2I2N4. The first-order valence-corrected chi connectivity index (χ1v) is 15.8. The van der Waals surface area contributed by atoms with E-state index < -0.39 is 0 Å². The van der Waals surface area contributed by atoms with Crippen molar-refractivity contribution in [2.24, 2.45) is 0 Å². The van der Waals surface area contributed by atoms with Crippen molar-refractivity contribution in [2.45, 2.75) is 0 Å². The van der Waals surface area contributed by atoms with Gasteiger partial charge in [0.15, 0.2) is 0 Å². The summed E-state index contributed by atoms with van der Waals surface area (Å²) in [6, 6.07) is 22.3. The van der Waals surface area contributed by atoms with E-state index in [1.807, 2.05) is 0 Å². The lowest BCUT2D eigenvalue weighted by molar-refractivity contribution is -0.890. The molecule has 0 unspecified atom stereocenters. The van der Waals surface area contributed by atoms with Gasteiger partial charge in [-0.2, -0.15) is 0 Å². The molecular weight excluding hydrogens is 878 g/mol. The van der Waals surface area contributed by atoms with Crippen LogP contribution in [-0.4, -0.2) is 89.5 Å². The minimum Gasteiger partial charge on any atom is -1.00 e. The number of quaternary nitrogens is 2. The van der Waals surface area contributed by atoms with Gasteiger partial charge in [0.05, 0.1) is 80.5 Å². The number of rotatable bonds is 6. The van der Waals surface area contributed by atoms with Gasteiger partial charge in [0.2, 0.25) is 0 Å². The predicted molar refractivity (Wildman–Crippen MR) is 181 cm³/mol. The van der Waals surface area contributed by atoms with Crippen molar-refractivity contribution in [1.82, 2.24) is 0 Å². The van der Waals surface area contributed by atoms with Gasteiger partial charge < -0.3 is 66.7 Å². The number of likely N-dealkylation sites (N-methyl/N-ethyl adjacent to an activating group) is 2. The first-order chi connectivity index (χ1) is 19.1. The SMILES string of the molecule is C[N+]1(C)CCN(c2ccc(/C=C/c3cc(Br)c(/C=C/c4ccc(N5CC[N+](C)(C)CC5)cc4)cc3Br)cc2)CC1.[I-].[I-]. The number of anilines is 2. The third-order valence-electron chi connectivity index (χ3n) is 8.44. The second kappa shape index (κ2) is 15.4. The van der Waals surface area contributed by atoms with Crippen LogP contribution in [0, 0.1) is 0 Å². The molecule has 226 valence electrons. The molecule has 0 saturated carbocycles. The molecule has 8 heteroatoms. The van der Waals surface area contributed by atoms with E-state index in [0.29, 0.717) is 0 Å². The van der Waals surface area contributed by atoms with Crippen LogP contribution in [0.1, 0.15) is 22.3 Å². The first kappa shape index (κ1) is 35.6. The fourth-order valence-electron chi connectivity index (χ4n) is 5.33. The van der Waals surface area contributed by atoms with Crippen LogP contribution in [0.25, 0.3) is 24.3 Å². The minimum atomic E-state index is 0. The van der Waals surface area contributed by atoms with Gasteiger partial charge in [-0.1, -0.05) is 80.4 Å². The number of hydrogen-bond donors (Lipinski definition) is 0. The normalized spacial score (nSPS) is 18.1. The maximum absolute atomic E-state index is 3.79. The molecule has 0 aliphatic carbocycles. The molecule has 0 bridgehead atoms. The predicted octanol–water partition coefficient (Wildman–Crippen LogP) is 1.35. The van der Waals surface area contributed by atoms with E-state index in [9.17, 15) is 0 Å². The Labute approximate surface area is 303 Å². The van der Waals surface area contributed by atoms with Gasteiger partial charge in [0.25, 0.3) is 0 Å². The average molecular weight is 920 g/mol. The topological polar surface area (TPSA) is 6.48 Å². The lowest BCUT2D eigenvalue weighted by Gasteiger charge is -2.40. The molecule has 2 saturated heterocycles. The molecule has 0 radical (unpaired) electrons.